The average molecular weight is 425 g/mol. The van der Waals surface area contributed by atoms with Gasteiger partial charge in [-0.2, -0.15) is 0 Å². The summed E-state index contributed by atoms with van der Waals surface area (Å²) in [5.74, 6) is 1.60. The van der Waals surface area contributed by atoms with Crippen molar-refractivity contribution in [1.29, 1.82) is 0 Å². The van der Waals surface area contributed by atoms with E-state index in [1.165, 1.54) is 19.3 Å². The third-order valence-electron chi connectivity index (χ3n) is 4.40. The summed E-state index contributed by atoms with van der Waals surface area (Å²) in [5, 5.41) is 14.6. The summed E-state index contributed by atoms with van der Waals surface area (Å²) in [6.07, 6.45) is 3.32. The molecule has 2 aromatic carbocycles. The van der Waals surface area contributed by atoms with Crippen molar-refractivity contribution in [2.75, 3.05) is 13.1 Å². The van der Waals surface area contributed by atoms with E-state index in [-0.39, 0.29) is 0 Å². The molecule has 1 aliphatic carbocycles. The van der Waals surface area contributed by atoms with Gasteiger partial charge < -0.3 is 15.2 Å². The van der Waals surface area contributed by atoms with Crippen LogP contribution in [0.25, 0.3) is 0 Å². The van der Waals surface area contributed by atoms with Gasteiger partial charge in [0.05, 0.1) is 6.10 Å². The molecule has 0 radical (unpaired) electrons. The molecule has 0 amide bonds. The quantitative estimate of drug-likeness (QED) is 0.550. The minimum Gasteiger partial charge on any atom is -0.489 e. The molecule has 134 valence electrons. The minimum absolute atomic E-state index is 0.438. The second-order valence-corrected chi connectivity index (χ2v) is 7.90. The van der Waals surface area contributed by atoms with Crippen LogP contribution in [0.4, 0.5) is 0 Å². The normalized spacial score (nSPS) is 15.2. The van der Waals surface area contributed by atoms with E-state index in [1.54, 1.807) is 0 Å². The third kappa shape index (κ3) is 6.00. The Balaban J connectivity index is 1.59. The lowest BCUT2D eigenvalue weighted by molar-refractivity contribution is 0.167. The van der Waals surface area contributed by atoms with E-state index in [9.17, 15) is 5.11 Å². The van der Waals surface area contributed by atoms with Gasteiger partial charge in [-0.25, -0.2) is 0 Å². The number of benzene rings is 2. The molecule has 1 fully saturated rings. The number of rotatable bonds is 9. The second-order valence-electron chi connectivity index (χ2n) is 6.55. The van der Waals surface area contributed by atoms with Crippen molar-refractivity contribution in [2.45, 2.75) is 32.0 Å². The second kappa shape index (κ2) is 9.04. The molecule has 0 saturated heterocycles. The highest BCUT2D eigenvalue weighted by Gasteiger charge is 2.20. The van der Waals surface area contributed by atoms with Gasteiger partial charge in [0, 0.05) is 21.6 Å². The highest BCUT2D eigenvalue weighted by atomic mass is 79.9. The van der Waals surface area contributed by atoms with Gasteiger partial charge in [-0.15, -0.1) is 0 Å². The summed E-state index contributed by atoms with van der Waals surface area (Å²) in [4.78, 5) is 0. The largest absolute Gasteiger partial charge is 0.489 e. The fraction of sp³-hybridized carbons (Fsp3) is 0.400. The number of hydrogen-bond donors (Lipinski definition) is 2. The van der Waals surface area contributed by atoms with Gasteiger partial charge in [0.25, 0.3) is 0 Å². The molecule has 3 rings (SSSR count). The van der Waals surface area contributed by atoms with Crippen LogP contribution in [0.3, 0.4) is 0 Å². The lowest BCUT2D eigenvalue weighted by Gasteiger charge is -2.17. The fourth-order valence-electron chi connectivity index (χ4n) is 2.71. The van der Waals surface area contributed by atoms with Crippen LogP contribution >= 0.6 is 27.5 Å². The van der Waals surface area contributed by atoms with Crippen LogP contribution in [0.15, 0.2) is 46.9 Å². The van der Waals surface area contributed by atoms with Crippen LogP contribution in [-0.2, 0) is 6.61 Å². The van der Waals surface area contributed by atoms with Crippen molar-refractivity contribution in [3.05, 3.63) is 63.1 Å². The van der Waals surface area contributed by atoms with E-state index in [1.807, 2.05) is 42.5 Å². The molecule has 1 unspecified atom stereocenters. The highest BCUT2D eigenvalue weighted by Crippen LogP contribution is 2.32. The van der Waals surface area contributed by atoms with E-state index in [0.717, 1.165) is 28.1 Å². The Morgan fingerprint density at radius 2 is 1.96 bits per heavy atom. The molecular formula is C20H23BrClNO2. The number of hydrogen-bond acceptors (Lipinski definition) is 3. The predicted octanol–water partition coefficient (Wildman–Crippen LogP) is 5.10. The van der Waals surface area contributed by atoms with E-state index in [0.29, 0.717) is 23.9 Å². The number of ether oxygens (including phenoxy) is 1. The highest BCUT2D eigenvalue weighted by molar-refractivity contribution is 9.10. The number of nitrogens with one attached hydrogen (secondary N) is 1. The van der Waals surface area contributed by atoms with E-state index < -0.39 is 6.10 Å². The lowest BCUT2D eigenvalue weighted by Crippen LogP contribution is -2.23. The summed E-state index contributed by atoms with van der Waals surface area (Å²) in [6, 6.07) is 13.3. The first kappa shape index (κ1) is 18.7. The first-order valence-electron chi connectivity index (χ1n) is 8.67. The Labute approximate surface area is 162 Å². The maximum Gasteiger partial charge on any atom is 0.125 e. The van der Waals surface area contributed by atoms with E-state index >= 15 is 0 Å². The van der Waals surface area contributed by atoms with E-state index in [4.69, 9.17) is 16.3 Å². The molecule has 2 aromatic rings. The van der Waals surface area contributed by atoms with Crippen LogP contribution in [0.5, 0.6) is 5.75 Å². The Bertz CT molecular complexity index is 689. The lowest BCUT2D eigenvalue weighted by atomic mass is 10.1. The van der Waals surface area contributed by atoms with Gasteiger partial charge in [0.1, 0.15) is 12.4 Å². The topological polar surface area (TPSA) is 41.5 Å². The van der Waals surface area contributed by atoms with Gasteiger partial charge in [-0.1, -0.05) is 52.5 Å². The molecular weight excluding hydrogens is 402 g/mol. The van der Waals surface area contributed by atoms with Crippen molar-refractivity contribution in [2.24, 2.45) is 5.92 Å². The standard InChI is InChI=1S/C20H23BrClNO2/c21-16-5-8-20(25-13-15-3-6-17(22)7-4-15)18(11-16)19(24)12-23-10-9-14-1-2-14/h3-8,11,14,19,23-24H,1-2,9-10,12-13H2. The first-order chi connectivity index (χ1) is 12.1. The Kier molecular flexibility index (Phi) is 6.77. The average Bonchev–Trinajstić information content (AvgIpc) is 3.43. The number of aliphatic hydroxyl groups excluding tert-OH is 1. The molecule has 3 nitrogen and oxygen atoms in total. The molecule has 1 atom stereocenters. The zero-order chi connectivity index (χ0) is 17.6. The molecule has 2 N–H and O–H groups in total. The van der Waals surface area contributed by atoms with Gasteiger partial charge in [-0.05, 0) is 54.8 Å². The molecule has 0 aromatic heterocycles. The smallest absolute Gasteiger partial charge is 0.125 e. The Morgan fingerprint density at radius 3 is 2.68 bits per heavy atom. The summed E-state index contributed by atoms with van der Waals surface area (Å²) in [5.41, 5.74) is 1.83. The van der Waals surface area contributed by atoms with Gasteiger partial charge >= 0.3 is 0 Å². The SMILES string of the molecule is OC(CNCCC1CC1)c1cc(Br)ccc1OCc1ccc(Cl)cc1. The molecule has 0 spiro atoms. The van der Waals surface area contributed by atoms with Crippen LogP contribution < -0.4 is 10.1 Å². The number of halogens is 2. The maximum absolute atomic E-state index is 10.6. The van der Waals surface area contributed by atoms with Crippen LogP contribution in [0, 0.1) is 5.92 Å². The van der Waals surface area contributed by atoms with Crippen molar-refractivity contribution < 1.29 is 9.84 Å². The molecule has 0 aliphatic heterocycles. The van der Waals surface area contributed by atoms with Crippen LogP contribution in [-0.4, -0.2) is 18.2 Å². The Morgan fingerprint density at radius 1 is 1.20 bits per heavy atom. The van der Waals surface area contributed by atoms with Crippen LogP contribution in [0.2, 0.25) is 5.02 Å². The summed E-state index contributed by atoms with van der Waals surface area (Å²) in [6.45, 7) is 1.92. The van der Waals surface area contributed by atoms with Gasteiger partial charge in [-0.3, -0.25) is 0 Å². The van der Waals surface area contributed by atoms with Crippen molar-refractivity contribution >= 4 is 27.5 Å². The summed E-state index contributed by atoms with van der Waals surface area (Å²) in [7, 11) is 0. The predicted molar refractivity (Wildman–Crippen MR) is 105 cm³/mol. The fourth-order valence-corrected chi connectivity index (χ4v) is 3.22. The Hall–Kier alpha value is -1.07. The molecule has 5 heteroatoms. The molecule has 25 heavy (non-hydrogen) atoms. The zero-order valence-corrected chi connectivity index (χ0v) is 16.4. The maximum atomic E-state index is 10.6. The van der Waals surface area contributed by atoms with Gasteiger partial charge in [0.15, 0.2) is 0 Å². The molecule has 0 bridgehead atoms. The minimum atomic E-state index is -0.600. The number of aliphatic hydroxyl groups is 1. The van der Waals surface area contributed by atoms with Crippen LogP contribution in [0.1, 0.15) is 36.5 Å². The summed E-state index contributed by atoms with van der Waals surface area (Å²) < 4.78 is 6.87. The van der Waals surface area contributed by atoms with Crippen molar-refractivity contribution in [3.63, 3.8) is 0 Å². The molecule has 0 heterocycles. The first-order valence-corrected chi connectivity index (χ1v) is 9.84. The molecule has 1 saturated carbocycles. The zero-order valence-electron chi connectivity index (χ0n) is 14.1. The van der Waals surface area contributed by atoms with Gasteiger partial charge in [0.2, 0.25) is 0 Å². The summed E-state index contributed by atoms with van der Waals surface area (Å²) >= 11 is 9.39. The van der Waals surface area contributed by atoms with E-state index in [2.05, 4.69) is 21.2 Å². The van der Waals surface area contributed by atoms with Crippen molar-refractivity contribution in [1.82, 2.24) is 5.32 Å². The molecule has 1 aliphatic rings. The van der Waals surface area contributed by atoms with Crippen molar-refractivity contribution in [3.8, 4) is 5.75 Å². The third-order valence-corrected chi connectivity index (χ3v) is 5.15. The monoisotopic (exact) mass is 423 g/mol.